The minimum absolute atomic E-state index is 0.0240. The van der Waals surface area contributed by atoms with Crippen LogP contribution in [0.3, 0.4) is 0 Å². The van der Waals surface area contributed by atoms with Crippen LogP contribution in [0.25, 0.3) is 0 Å². The molecule has 5 heteroatoms. The number of rotatable bonds is 3. The van der Waals surface area contributed by atoms with Crippen molar-refractivity contribution in [3.8, 4) is 0 Å². The van der Waals surface area contributed by atoms with E-state index in [2.05, 4.69) is 5.32 Å². The molecule has 0 aromatic carbocycles. The van der Waals surface area contributed by atoms with Crippen LogP contribution in [0.1, 0.15) is 19.3 Å². The summed E-state index contributed by atoms with van der Waals surface area (Å²) < 4.78 is 5.21. The Morgan fingerprint density at radius 3 is 3.06 bits per heavy atom. The Bertz CT molecular complexity index is 241. The Morgan fingerprint density at radius 1 is 1.50 bits per heavy atom. The zero-order valence-electron chi connectivity index (χ0n) is 9.52. The van der Waals surface area contributed by atoms with E-state index in [1.54, 1.807) is 0 Å². The first-order chi connectivity index (χ1) is 7.79. The van der Waals surface area contributed by atoms with Crippen LogP contribution < -0.4 is 5.32 Å². The summed E-state index contributed by atoms with van der Waals surface area (Å²) in [5, 5.41) is 11.8. The van der Waals surface area contributed by atoms with Gasteiger partial charge in [0.25, 0.3) is 0 Å². The summed E-state index contributed by atoms with van der Waals surface area (Å²) in [6, 6.07) is 0.209. The van der Waals surface area contributed by atoms with Crippen LogP contribution in [-0.2, 0) is 4.74 Å². The van der Waals surface area contributed by atoms with Crippen molar-refractivity contribution in [3.63, 3.8) is 0 Å². The molecule has 0 spiro atoms. The van der Waals surface area contributed by atoms with Crippen molar-refractivity contribution < 1.29 is 14.6 Å². The third-order valence-corrected chi connectivity index (χ3v) is 3.37. The number of carbonyl (C=O) groups is 1. The van der Waals surface area contributed by atoms with Crippen molar-refractivity contribution >= 4 is 6.03 Å². The summed E-state index contributed by atoms with van der Waals surface area (Å²) in [4.78, 5) is 13.7. The van der Waals surface area contributed by atoms with Gasteiger partial charge in [0.15, 0.2) is 0 Å². The molecular formula is C11H20N2O3. The van der Waals surface area contributed by atoms with Crippen molar-refractivity contribution in [3.05, 3.63) is 0 Å². The number of ether oxygens (including phenoxy) is 1. The van der Waals surface area contributed by atoms with E-state index >= 15 is 0 Å². The Hall–Kier alpha value is -0.810. The van der Waals surface area contributed by atoms with E-state index < -0.39 is 0 Å². The van der Waals surface area contributed by atoms with Gasteiger partial charge in [-0.15, -0.1) is 0 Å². The fourth-order valence-electron chi connectivity index (χ4n) is 2.35. The zero-order valence-corrected chi connectivity index (χ0v) is 9.52. The van der Waals surface area contributed by atoms with Crippen LogP contribution in [0.4, 0.5) is 4.79 Å². The molecule has 2 atom stereocenters. The average molecular weight is 228 g/mol. The lowest BCUT2D eigenvalue weighted by Crippen LogP contribution is -2.44. The highest BCUT2D eigenvalue weighted by atomic mass is 16.5. The van der Waals surface area contributed by atoms with E-state index in [1.807, 2.05) is 4.90 Å². The molecule has 16 heavy (non-hydrogen) atoms. The minimum Gasteiger partial charge on any atom is -0.396 e. The topological polar surface area (TPSA) is 61.8 Å². The molecule has 0 aliphatic carbocycles. The Morgan fingerprint density at radius 2 is 2.38 bits per heavy atom. The highest BCUT2D eigenvalue weighted by Gasteiger charge is 2.27. The van der Waals surface area contributed by atoms with Crippen LogP contribution in [0.15, 0.2) is 0 Å². The zero-order chi connectivity index (χ0) is 11.4. The van der Waals surface area contributed by atoms with Crippen LogP contribution in [0.2, 0.25) is 0 Å². The van der Waals surface area contributed by atoms with Crippen LogP contribution in [0, 0.1) is 5.92 Å². The van der Waals surface area contributed by atoms with E-state index in [9.17, 15) is 4.79 Å². The first kappa shape index (κ1) is 11.7. The highest BCUT2D eigenvalue weighted by Crippen LogP contribution is 2.19. The predicted molar refractivity (Wildman–Crippen MR) is 59.1 cm³/mol. The molecule has 2 unspecified atom stereocenters. The summed E-state index contributed by atoms with van der Waals surface area (Å²) in [7, 11) is 0. The molecule has 0 aromatic heterocycles. The average Bonchev–Trinajstić information content (AvgIpc) is 2.89. The number of aliphatic hydroxyl groups excluding tert-OH is 1. The second kappa shape index (κ2) is 5.50. The number of likely N-dealkylation sites (tertiary alicyclic amines) is 1. The number of aliphatic hydroxyl groups is 1. The molecule has 2 N–H and O–H groups in total. The molecule has 0 radical (unpaired) electrons. The Balaban J connectivity index is 1.73. The van der Waals surface area contributed by atoms with Gasteiger partial charge in [-0.05, 0) is 25.2 Å². The molecule has 5 nitrogen and oxygen atoms in total. The summed E-state index contributed by atoms with van der Waals surface area (Å²) in [5.74, 6) is 0.468. The highest BCUT2D eigenvalue weighted by molar-refractivity contribution is 5.74. The first-order valence-electron chi connectivity index (χ1n) is 6.03. The number of nitrogens with one attached hydrogen (secondary N) is 1. The van der Waals surface area contributed by atoms with Crippen LogP contribution in [-0.4, -0.2) is 55.0 Å². The molecular weight excluding hydrogens is 208 g/mol. The molecule has 2 fully saturated rings. The summed E-state index contributed by atoms with van der Waals surface area (Å²) in [6.07, 6.45) is 2.73. The van der Waals surface area contributed by atoms with Crippen molar-refractivity contribution in [2.75, 3.05) is 32.9 Å². The van der Waals surface area contributed by atoms with Gasteiger partial charge in [0.2, 0.25) is 0 Å². The number of carbonyl (C=O) groups excluding carboxylic acids is 1. The maximum atomic E-state index is 11.8. The molecule has 0 bridgehead atoms. The smallest absolute Gasteiger partial charge is 0.317 e. The third-order valence-electron chi connectivity index (χ3n) is 3.37. The predicted octanol–water partition coefficient (Wildman–Crippen LogP) is 0.189. The van der Waals surface area contributed by atoms with Gasteiger partial charge in [-0.25, -0.2) is 4.79 Å². The molecule has 2 rings (SSSR count). The van der Waals surface area contributed by atoms with Crippen molar-refractivity contribution in [2.24, 2.45) is 5.92 Å². The van der Waals surface area contributed by atoms with E-state index in [1.165, 1.54) is 0 Å². The maximum absolute atomic E-state index is 11.8. The molecule has 2 saturated heterocycles. The largest absolute Gasteiger partial charge is 0.396 e. The SMILES string of the molecule is O=C(NC1CCOC1)N1CCC(CCO)C1. The summed E-state index contributed by atoms with van der Waals surface area (Å²) in [5.41, 5.74) is 0. The monoisotopic (exact) mass is 228 g/mol. The fraction of sp³-hybridized carbons (Fsp3) is 0.909. The number of hydrogen-bond donors (Lipinski definition) is 2. The minimum atomic E-state index is 0.0240. The quantitative estimate of drug-likeness (QED) is 0.725. The maximum Gasteiger partial charge on any atom is 0.317 e. The van der Waals surface area contributed by atoms with Gasteiger partial charge in [-0.2, -0.15) is 0 Å². The Kier molecular flexibility index (Phi) is 4.01. The van der Waals surface area contributed by atoms with Gasteiger partial charge in [0.1, 0.15) is 0 Å². The van der Waals surface area contributed by atoms with Gasteiger partial charge in [0.05, 0.1) is 12.6 Å². The first-order valence-corrected chi connectivity index (χ1v) is 6.03. The summed E-state index contributed by atoms with van der Waals surface area (Å²) >= 11 is 0. The van der Waals surface area contributed by atoms with Gasteiger partial charge < -0.3 is 20.1 Å². The van der Waals surface area contributed by atoms with Gasteiger partial charge in [0, 0.05) is 26.3 Å². The van der Waals surface area contributed by atoms with Crippen molar-refractivity contribution in [1.29, 1.82) is 0 Å². The van der Waals surface area contributed by atoms with Crippen LogP contribution >= 0.6 is 0 Å². The lowest BCUT2D eigenvalue weighted by Gasteiger charge is -2.19. The van der Waals surface area contributed by atoms with Gasteiger partial charge in [-0.3, -0.25) is 0 Å². The Labute approximate surface area is 95.8 Å². The fourth-order valence-corrected chi connectivity index (χ4v) is 2.35. The molecule has 2 aliphatic rings. The van der Waals surface area contributed by atoms with E-state index in [0.717, 1.165) is 39.0 Å². The number of nitrogens with zero attached hydrogens (tertiary/aromatic N) is 1. The second-order valence-electron chi connectivity index (χ2n) is 4.62. The van der Waals surface area contributed by atoms with Gasteiger partial charge >= 0.3 is 6.03 Å². The molecule has 92 valence electrons. The van der Waals surface area contributed by atoms with Gasteiger partial charge in [-0.1, -0.05) is 0 Å². The molecule has 2 heterocycles. The number of amides is 2. The normalized spacial score (nSPS) is 29.7. The van der Waals surface area contributed by atoms with E-state index in [4.69, 9.17) is 9.84 Å². The van der Waals surface area contributed by atoms with Crippen LogP contribution in [0.5, 0.6) is 0 Å². The molecule has 0 saturated carbocycles. The number of urea groups is 1. The molecule has 2 aliphatic heterocycles. The lowest BCUT2D eigenvalue weighted by molar-refractivity contribution is 0.181. The van der Waals surface area contributed by atoms with E-state index in [-0.39, 0.29) is 18.7 Å². The lowest BCUT2D eigenvalue weighted by atomic mass is 10.1. The second-order valence-corrected chi connectivity index (χ2v) is 4.62. The standard InChI is InChI=1S/C11H20N2O3/c14-5-2-9-1-4-13(7-9)11(15)12-10-3-6-16-8-10/h9-10,14H,1-8H2,(H,12,15). The summed E-state index contributed by atoms with van der Waals surface area (Å²) in [6.45, 7) is 3.19. The molecule has 0 aromatic rings. The number of hydrogen-bond acceptors (Lipinski definition) is 3. The van der Waals surface area contributed by atoms with E-state index in [0.29, 0.717) is 12.5 Å². The third kappa shape index (κ3) is 2.86. The van der Waals surface area contributed by atoms with Crippen molar-refractivity contribution in [2.45, 2.75) is 25.3 Å². The van der Waals surface area contributed by atoms with Crippen molar-refractivity contribution in [1.82, 2.24) is 10.2 Å². The molecule has 2 amide bonds.